The molecule has 1 aliphatic heterocycles. The van der Waals surface area contributed by atoms with Crippen molar-refractivity contribution in [3.63, 3.8) is 0 Å². The number of piperidine rings is 1. The molecule has 1 atom stereocenters. The summed E-state index contributed by atoms with van der Waals surface area (Å²) in [6, 6.07) is 4.47. The fraction of sp³-hybridized carbons (Fsp3) is 0.500. The maximum atomic E-state index is 5.16. The van der Waals surface area contributed by atoms with Crippen LogP contribution in [0.5, 0.6) is 0 Å². The average Bonchev–Trinajstić information content (AvgIpc) is 2.40. The highest BCUT2D eigenvalue weighted by Crippen LogP contribution is 2.28. The van der Waals surface area contributed by atoms with Crippen molar-refractivity contribution in [3.8, 4) is 0 Å². The Hall–Kier alpha value is -1.20. The van der Waals surface area contributed by atoms with Gasteiger partial charge >= 0.3 is 0 Å². The molecule has 2 N–H and O–H groups in total. The monoisotopic (exact) mass is 250 g/mol. The van der Waals surface area contributed by atoms with Gasteiger partial charge in [0.2, 0.25) is 0 Å². The number of hydrogen-bond acceptors (Lipinski definition) is 3. The Morgan fingerprint density at radius 3 is 3.12 bits per heavy atom. The van der Waals surface area contributed by atoms with Crippen LogP contribution in [0.3, 0.4) is 0 Å². The van der Waals surface area contributed by atoms with E-state index in [4.69, 9.17) is 12.2 Å². The number of aromatic nitrogens is 1. The van der Waals surface area contributed by atoms with Gasteiger partial charge in [-0.05, 0) is 36.7 Å². The van der Waals surface area contributed by atoms with Gasteiger partial charge in [-0.1, -0.05) is 12.5 Å². The van der Waals surface area contributed by atoms with E-state index in [0.717, 1.165) is 13.0 Å². The maximum absolute atomic E-state index is 5.16. The van der Waals surface area contributed by atoms with E-state index in [0.29, 0.717) is 11.2 Å². The summed E-state index contributed by atoms with van der Waals surface area (Å²) in [6.07, 6.45) is 7.35. The van der Waals surface area contributed by atoms with Crippen LogP contribution in [0, 0.1) is 0 Å². The average molecular weight is 250 g/mol. The first-order valence-corrected chi connectivity index (χ1v) is 6.37. The summed E-state index contributed by atoms with van der Waals surface area (Å²) in [7, 11) is 1.83. The molecule has 1 aromatic rings. The van der Waals surface area contributed by atoms with Crippen molar-refractivity contribution >= 4 is 17.3 Å². The molecule has 17 heavy (non-hydrogen) atoms. The van der Waals surface area contributed by atoms with Gasteiger partial charge in [-0.2, -0.15) is 0 Å². The lowest BCUT2D eigenvalue weighted by molar-refractivity contribution is 0.117. The van der Waals surface area contributed by atoms with Crippen LogP contribution in [-0.2, 0) is 0 Å². The predicted octanol–water partition coefficient (Wildman–Crippen LogP) is 1.62. The van der Waals surface area contributed by atoms with Crippen LogP contribution in [0.1, 0.15) is 30.9 Å². The number of pyridine rings is 1. The third kappa shape index (κ3) is 3.14. The zero-order valence-electron chi connectivity index (χ0n) is 10.0. The molecule has 0 aliphatic carbocycles. The zero-order chi connectivity index (χ0) is 12.1. The molecule has 0 aromatic carbocycles. The molecular weight excluding hydrogens is 232 g/mol. The van der Waals surface area contributed by atoms with Crippen molar-refractivity contribution < 1.29 is 0 Å². The van der Waals surface area contributed by atoms with Crippen molar-refractivity contribution in [2.75, 3.05) is 13.6 Å². The van der Waals surface area contributed by atoms with Gasteiger partial charge in [-0.25, -0.2) is 5.01 Å². The molecule has 2 rings (SSSR count). The highest BCUT2D eigenvalue weighted by Gasteiger charge is 2.24. The molecule has 0 amide bonds. The second-order valence-corrected chi connectivity index (χ2v) is 4.59. The minimum atomic E-state index is 0.365. The van der Waals surface area contributed by atoms with Gasteiger partial charge in [0.05, 0.1) is 6.04 Å². The van der Waals surface area contributed by atoms with Crippen molar-refractivity contribution in [1.82, 2.24) is 20.7 Å². The Kier molecular flexibility index (Phi) is 4.28. The van der Waals surface area contributed by atoms with Gasteiger partial charge in [-0.15, -0.1) is 0 Å². The van der Waals surface area contributed by atoms with E-state index < -0.39 is 0 Å². The van der Waals surface area contributed by atoms with Crippen molar-refractivity contribution in [2.45, 2.75) is 25.3 Å². The molecule has 2 heterocycles. The molecular formula is C12H18N4S. The molecule has 1 saturated heterocycles. The lowest BCUT2D eigenvalue weighted by Gasteiger charge is -2.36. The van der Waals surface area contributed by atoms with E-state index in [1.165, 1.54) is 18.4 Å². The van der Waals surface area contributed by atoms with E-state index in [-0.39, 0.29) is 0 Å². The van der Waals surface area contributed by atoms with Crippen LogP contribution in [0.2, 0.25) is 0 Å². The quantitative estimate of drug-likeness (QED) is 0.781. The Bertz CT molecular complexity index is 368. The third-order valence-corrected chi connectivity index (χ3v) is 3.34. The second-order valence-electron chi connectivity index (χ2n) is 4.18. The first kappa shape index (κ1) is 12.3. The lowest BCUT2D eigenvalue weighted by Crippen LogP contribution is -2.49. The van der Waals surface area contributed by atoms with Gasteiger partial charge in [-0.3, -0.25) is 10.4 Å². The van der Waals surface area contributed by atoms with Gasteiger partial charge in [0.25, 0.3) is 0 Å². The Labute approximate surface area is 107 Å². The van der Waals surface area contributed by atoms with Crippen LogP contribution in [-0.4, -0.2) is 28.7 Å². The molecule has 1 aliphatic rings. The van der Waals surface area contributed by atoms with Gasteiger partial charge in [0.15, 0.2) is 5.11 Å². The van der Waals surface area contributed by atoms with Gasteiger partial charge in [0, 0.05) is 26.0 Å². The minimum absolute atomic E-state index is 0.365. The van der Waals surface area contributed by atoms with Crippen LogP contribution < -0.4 is 10.7 Å². The third-order valence-electron chi connectivity index (χ3n) is 3.04. The molecule has 4 nitrogen and oxygen atoms in total. The van der Waals surface area contributed by atoms with E-state index >= 15 is 0 Å². The Morgan fingerprint density at radius 2 is 2.41 bits per heavy atom. The molecule has 1 fully saturated rings. The molecule has 5 heteroatoms. The number of nitrogens with zero attached hydrogens (tertiary/aromatic N) is 2. The molecule has 0 spiro atoms. The molecule has 0 bridgehead atoms. The SMILES string of the molecule is CNC(=S)NN1CCCCC1c1cccnc1. The van der Waals surface area contributed by atoms with Gasteiger partial charge in [0.1, 0.15) is 0 Å². The van der Waals surface area contributed by atoms with Crippen molar-refractivity contribution in [1.29, 1.82) is 0 Å². The summed E-state index contributed by atoms with van der Waals surface area (Å²) in [5.41, 5.74) is 4.49. The van der Waals surface area contributed by atoms with Crippen molar-refractivity contribution in [2.24, 2.45) is 0 Å². The summed E-state index contributed by atoms with van der Waals surface area (Å²) < 4.78 is 0. The van der Waals surface area contributed by atoms with E-state index in [2.05, 4.69) is 26.8 Å². The Balaban J connectivity index is 2.09. The molecule has 92 valence electrons. The molecule has 1 aromatic heterocycles. The second kappa shape index (κ2) is 5.93. The van der Waals surface area contributed by atoms with E-state index in [9.17, 15) is 0 Å². The highest BCUT2D eigenvalue weighted by atomic mass is 32.1. The first-order chi connectivity index (χ1) is 8.31. The summed E-state index contributed by atoms with van der Waals surface area (Å²) in [5, 5.41) is 5.82. The summed E-state index contributed by atoms with van der Waals surface area (Å²) in [6.45, 7) is 1.02. The number of hydrazine groups is 1. The van der Waals surface area contributed by atoms with Crippen LogP contribution >= 0.6 is 12.2 Å². The predicted molar refractivity (Wildman–Crippen MR) is 72.3 cm³/mol. The smallest absolute Gasteiger partial charge is 0.180 e. The topological polar surface area (TPSA) is 40.2 Å². The number of thiocarbonyl (C=S) groups is 1. The minimum Gasteiger partial charge on any atom is -0.365 e. The normalized spacial score (nSPS) is 20.9. The fourth-order valence-electron chi connectivity index (χ4n) is 2.17. The lowest BCUT2D eigenvalue weighted by atomic mass is 9.98. The van der Waals surface area contributed by atoms with E-state index in [1.807, 2.05) is 25.5 Å². The highest BCUT2D eigenvalue weighted by molar-refractivity contribution is 7.80. The molecule has 0 saturated carbocycles. The maximum Gasteiger partial charge on any atom is 0.180 e. The molecule has 0 radical (unpaired) electrons. The number of rotatable bonds is 2. The number of nitrogens with one attached hydrogen (secondary N) is 2. The zero-order valence-corrected chi connectivity index (χ0v) is 10.8. The van der Waals surface area contributed by atoms with Crippen LogP contribution in [0.4, 0.5) is 0 Å². The first-order valence-electron chi connectivity index (χ1n) is 5.96. The summed E-state index contributed by atoms with van der Waals surface area (Å²) >= 11 is 5.16. The summed E-state index contributed by atoms with van der Waals surface area (Å²) in [4.78, 5) is 4.19. The fourth-order valence-corrected chi connectivity index (χ4v) is 2.29. The largest absolute Gasteiger partial charge is 0.365 e. The van der Waals surface area contributed by atoms with Crippen LogP contribution in [0.15, 0.2) is 24.5 Å². The molecule has 1 unspecified atom stereocenters. The standard InChI is InChI=1S/C12H18N4S/c1-13-12(17)15-16-8-3-2-6-11(16)10-5-4-7-14-9-10/h4-5,7,9,11H,2-3,6,8H2,1H3,(H2,13,15,17). The van der Waals surface area contributed by atoms with Crippen molar-refractivity contribution in [3.05, 3.63) is 30.1 Å². The van der Waals surface area contributed by atoms with Crippen LogP contribution in [0.25, 0.3) is 0 Å². The van der Waals surface area contributed by atoms with Gasteiger partial charge < -0.3 is 5.32 Å². The van der Waals surface area contributed by atoms with E-state index in [1.54, 1.807) is 0 Å². The Morgan fingerprint density at radius 1 is 1.53 bits per heavy atom. The number of hydrogen-bond donors (Lipinski definition) is 2. The summed E-state index contributed by atoms with van der Waals surface area (Å²) in [5.74, 6) is 0.